The third-order valence-electron chi connectivity index (χ3n) is 14.0. The Morgan fingerprint density at radius 3 is 2.11 bits per heavy atom. The van der Waals surface area contributed by atoms with Crippen molar-refractivity contribution in [1.82, 2.24) is 0 Å². The van der Waals surface area contributed by atoms with Gasteiger partial charge in [0.2, 0.25) is 0 Å². The van der Waals surface area contributed by atoms with Crippen LogP contribution in [0.2, 0.25) is 0 Å². The molecule has 1 saturated heterocycles. The van der Waals surface area contributed by atoms with E-state index in [0.717, 1.165) is 19.3 Å². The zero-order valence-corrected chi connectivity index (χ0v) is 28.6. The highest BCUT2D eigenvalue weighted by Crippen LogP contribution is 2.69. The molecule has 1 aliphatic heterocycles. The summed E-state index contributed by atoms with van der Waals surface area (Å²) in [6, 6.07) is 0. The summed E-state index contributed by atoms with van der Waals surface area (Å²) in [5.41, 5.74) is -2.56. The number of fused-ring (bicyclic) bond motifs is 5. The number of hydrogen-bond donors (Lipinski definition) is 8. The van der Waals surface area contributed by atoms with Crippen LogP contribution in [0.4, 0.5) is 0 Å². The van der Waals surface area contributed by atoms with Crippen molar-refractivity contribution in [3.63, 3.8) is 0 Å². The molecule has 0 bridgehead atoms. The fourth-order valence-electron chi connectivity index (χ4n) is 11.6. The SMILES string of the molecule is CO[C@@H]1CO[C@@H](OCC[C@H](CC[C@@H](C)[C@H]2[C@@H](O)[C@@H](O)[C@@H]3[C@]2(C)CC[C@@H]2[C@@]4(C)CC[C@H](O)[C@H](O)[C@@H]4[C@@H](O)C[C@]23O)C(C)C)[C@H](O)[C@H]1O. The number of aliphatic hydroxyl groups excluding tert-OH is 7. The van der Waals surface area contributed by atoms with Crippen LogP contribution in [-0.4, -0.2) is 122 Å². The zero-order chi connectivity index (χ0) is 33.9. The van der Waals surface area contributed by atoms with Crippen LogP contribution in [0.3, 0.4) is 0 Å². The molecule has 8 N–H and O–H groups in total. The minimum Gasteiger partial charge on any atom is -0.393 e. The summed E-state index contributed by atoms with van der Waals surface area (Å²) in [6.07, 6.45) is -4.18. The molecule has 11 nitrogen and oxygen atoms in total. The monoisotopic (exact) mass is 658 g/mol. The highest BCUT2D eigenvalue weighted by molar-refractivity contribution is 5.22. The second-order valence-electron chi connectivity index (χ2n) is 16.6. The van der Waals surface area contributed by atoms with Crippen molar-refractivity contribution < 1.29 is 55.1 Å². The first-order valence-corrected chi connectivity index (χ1v) is 17.8. The minimum atomic E-state index is -1.41. The molecule has 4 aliphatic carbocycles. The molecule has 0 amide bonds. The molecule has 0 spiro atoms. The van der Waals surface area contributed by atoms with Crippen molar-refractivity contribution >= 4 is 0 Å². The van der Waals surface area contributed by atoms with E-state index in [-0.39, 0.29) is 30.8 Å². The topological polar surface area (TPSA) is 190 Å². The van der Waals surface area contributed by atoms with Gasteiger partial charge >= 0.3 is 0 Å². The number of hydrogen-bond acceptors (Lipinski definition) is 11. The van der Waals surface area contributed by atoms with Crippen LogP contribution < -0.4 is 0 Å². The first kappa shape index (κ1) is 36.8. The molecule has 5 fully saturated rings. The number of aliphatic hydroxyl groups is 8. The first-order valence-electron chi connectivity index (χ1n) is 17.8. The van der Waals surface area contributed by atoms with E-state index in [1.807, 2.05) is 6.92 Å². The molecule has 0 aromatic rings. The maximum Gasteiger partial charge on any atom is 0.186 e. The molecule has 0 aromatic heterocycles. The van der Waals surface area contributed by atoms with Crippen LogP contribution in [0.1, 0.15) is 86.0 Å². The van der Waals surface area contributed by atoms with Crippen molar-refractivity contribution in [3.05, 3.63) is 0 Å². The Morgan fingerprint density at radius 1 is 0.783 bits per heavy atom. The van der Waals surface area contributed by atoms with E-state index < -0.39 is 83.4 Å². The van der Waals surface area contributed by atoms with Crippen molar-refractivity contribution in [2.45, 2.75) is 147 Å². The highest BCUT2D eigenvalue weighted by atomic mass is 16.7. The minimum absolute atomic E-state index is 0.00478. The Bertz CT molecular complexity index is 1030. The number of ether oxygens (including phenoxy) is 3. The van der Waals surface area contributed by atoms with Crippen LogP contribution in [0, 0.1) is 52.3 Å². The molecule has 0 aromatic carbocycles. The van der Waals surface area contributed by atoms with Gasteiger partial charge in [-0.15, -0.1) is 0 Å². The Labute approximate surface area is 274 Å². The van der Waals surface area contributed by atoms with Crippen molar-refractivity contribution in [2.75, 3.05) is 20.3 Å². The number of methoxy groups -OCH3 is 1. The van der Waals surface area contributed by atoms with Crippen LogP contribution in [-0.2, 0) is 14.2 Å². The average Bonchev–Trinajstić information content (AvgIpc) is 3.19. The van der Waals surface area contributed by atoms with Crippen LogP contribution in [0.15, 0.2) is 0 Å². The van der Waals surface area contributed by atoms with Gasteiger partial charge in [-0.1, -0.05) is 41.0 Å². The van der Waals surface area contributed by atoms with Crippen molar-refractivity contribution in [2.24, 2.45) is 52.3 Å². The molecular weight excluding hydrogens is 596 g/mol. The van der Waals surface area contributed by atoms with Gasteiger partial charge in [-0.25, -0.2) is 0 Å². The Morgan fingerprint density at radius 2 is 1.46 bits per heavy atom. The summed E-state index contributed by atoms with van der Waals surface area (Å²) >= 11 is 0. The van der Waals surface area contributed by atoms with Crippen molar-refractivity contribution in [1.29, 1.82) is 0 Å². The summed E-state index contributed by atoms with van der Waals surface area (Å²) in [5, 5.41) is 89.2. The van der Waals surface area contributed by atoms with Gasteiger partial charge in [-0.2, -0.15) is 0 Å². The third-order valence-corrected chi connectivity index (χ3v) is 14.0. The fraction of sp³-hybridized carbons (Fsp3) is 1.00. The predicted molar refractivity (Wildman–Crippen MR) is 168 cm³/mol. The van der Waals surface area contributed by atoms with Gasteiger partial charge in [-0.3, -0.25) is 0 Å². The summed E-state index contributed by atoms with van der Waals surface area (Å²) in [6.45, 7) is 11.1. The zero-order valence-electron chi connectivity index (χ0n) is 28.6. The molecule has 268 valence electrons. The summed E-state index contributed by atoms with van der Waals surface area (Å²) < 4.78 is 16.6. The summed E-state index contributed by atoms with van der Waals surface area (Å²) in [4.78, 5) is 0. The maximum absolute atomic E-state index is 12.6. The average molecular weight is 659 g/mol. The highest BCUT2D eigenvalue weighted by Gasteiger charge is 2.73. The summed E-state index contributed by atoms with van der Waals surface area (Å²) in [7, 11) is 1.46. The molecule has 1 heterocycles. The van der Waals surface area contributed by atoms with Gasteiger partial charge < -0.3 is 55.1 Å². The predicted octanol–water partition coefficient (Wildman–Crippen LogP) is 1.19. The van der Waals surface area contributed by atoms with E-state index in [1.54, 1.807) is 0 Å². The van der Waals surface area contributed by atoms with Gasteiger partial charge in [0.15, 0.2) is 6.29 Å². The van der Waals surface area contributed by atoms with Gasteiger partial charge in [0.1, 0.15) is 18.3 Å². The molecule has 18 atom stereocenters. The lowest BCUT2D eigenvalue weighted by Crippen LogP contribution is -2.71. The lowest BCUT2D eigenvalue weighted by Gasteiger charge is -2.66. The van der Waals surface area contributed by atoms with Gasteiger partial charge in [0, 0.05) is 25.4 Å². The standard InChI is InChI=1S/C35H62O11/c1-17(2)19(11-14-45-32-30(42)27(39)22(44-6)16-46-32)8-7-18(3)24-28(40)29(41)31-34(24,5)13-10-23-33(4)12-9-20(36)26(38)25(33)21(37)15-35(23,31)43/h17-32,36-43H,7-16H2,1-6H3/t18-,19+,20+,21+,22-,23-,24+,25+,26+,27+,28-,29-,30-,31-,32-,33-,34-,35+/m1/s1. The van der Waals surface area contributed by atoms with Gasteiger partial charge in [-0.05, 0) is 78.9 Å². The van der Waals surface area contributed by atoms with Crippen molar-refractivity contribution in [3.8, 4) is 0 Å². The van der Waals surface area contributed by atoms with Crippen LogP contribution in [0.5, 0.6) is 0 Å². The van der Waals surface area contributed by atoms with E-state index >= 15 is 0 Å². The second-order valence-corrected chi connectivity index (χ2v) is 16.6. The van der Waals surface area contributed by atoms with E-state index in [4.69, 9.17) is 14.2 Å². The molecule has 11 heteroatoms. The van der Waals surface area contributed by atoms with E-state index in [0.29, 0.717) is 44.1 Å². The van der Waals surface area contributed by atoms with Gasteiger partial charge in [0.25, 0.3) is 0 Å². The largest absolute Gasteiger partial charge is 0.393 e. The lowest BCUT2D eigenvalue weighted by molar-refractivity contribution is -0.280. The third kappa shape index (κ3) is 6.01. The molecule has 4 saturated carbocycles. The fourth-order valence-corrected chi connectivity index (χ4v) is 11.6. The van der Waals surface area contributed by atoms with Crippen LogP contribution in [0.25, 0.3) is 0 Å². The summed E-state index contributed by atoms with van der Waals surface area (Å²) in [5.74, 6) is -0.993. The van der Waals surface area contributed by atoms with E-state index in [9.17, 15) is 40.9 Å². The second kappa shape index (κ2) is 13.7. The smallest absolute Gasteiger partial charge is 0.186 e. The lowest BCUT2D eigenvalue weighted by atomic mass is 9.41. The van der Waals surface area contributed by atoms with Gasteiger partial charge in [0.05, 0.1) is 49.3 Å². The Balaban J connectivity index is 1.25. The first-order chi connectivity index (χ1) is 21.5. The molecular formula is C35H62O11. The maximum atomic E-state index is 12.6. The van der Waals surface area contributed by atoms with Crippen LogP contribution >= 0.6 is 0 Å². The van der Waals surface area contributed by atoms with E-state index in [2.05, 4.69) is 27.7 Å². The molecule has 46 heavy (non-hydrogen) atoms. The molecule has 5 rings (SSSR count). The molecule has 0 unspecified atom stereocenters. The molecule has 5 aliphatic rings. The molecule has 0 radical (unpaired) electrons. The Hall–Kier alpha value is -0.440. The number of rotatable bonds is 10. The normalized spacial score (nSPS) is 52.1. The quantitative estimate of drug-likeness (QED) is 0.168. The van der Waals surface area contributed by atoms with E-state index in [1.165, 1.54) is 7.11 Å². The Kier molecular flexibility index (Phi) is 11.0.